The summed E-state index contributed by atoms with van der Waals surface area (Å²) >= 11 is 7.64. The predicted molar refractivity (Wildman–Crippen MR) is 65.5 cm³/mol. The van der Waals surface area contributed by atoms with E-state index in [1.165, 1.54) is 6.07 Å². The summed E-state index contributed by atoms with van der Waals surface area (Å²) in [6.45, 7) is 1.89. The highest BCUT2D eigenvalue weighted by molar-refractivity contribution is 8.00. The number of halogens is 4. The van der Waals surface area contributed by atoms with Crippen molar-refractivity contribution in [2.75, 3.05) is 0 Å². The van der Waals surface area contributed by atoms with Gasteiger partial charge < -0.3 is 0 Å². The van der Waals surface area contributed by atoms with Gasteiger partial charge >= 0.3 is 6.18 Å². The number of hydrogen-bond donors (Lipinski definition) is 0. The maximum Gasteiger partial charge on any atom is 0.451 e. The zero-order valence-corrected chi connectivity index (χ0v) is 11.8. The van der Waals surface area contributed by atoms with E-state index in [1.807, 2.05) is 6.92 Å². The minimum absolute atomic E-state index is 0.0890. The van der Waals surface area contributed by atoms with Gasteiger partial charge in [0.05, 0.1) is 0 Å². The van der Waals surface area contributed by atoms with Crippen LogP contribution in [0.1, 0.15) is 18.6 Å². The first kappa shape index (κ1) is 14.5. The van der Waals surface area contributed by atoms with Crippen molar-refractivity contribution >= 4 is 34.9 Å². The van der Waals surface area contributed by atoms with Crippen LogP contribution in [0.25, 0.3) is 0 Å². The van der Waals surface area contributed by atoms with Crippen molar-refractivity contribution in [3.63, 3.8) is 0 Å². The molecule has 0 aromatic carbocycles. The molecule has 0 aliphatic rings. The lowest BCUT2D eigenvalue weighted by molar-refractivity contribution is -0.145. The molecule has 0 N–H and O–H groups in total. The highest BCUT2D eigenvalue weighted by atomic mass is 35.5. The number of rotatable bonds is 3. The van der Waals surface area contributed by atoms with Crippen LogP contribution in [-0.2, 0) is 12.6 Å². The van der Waals surface area contributed by atoms with E-state index in [9.17, 15) is 13.2 Å². The van der Waals surface area contributed by atoms with Gasteiger partial charge in [0.25, 0.3) is 0 Å². The summed E-state index contributed by atoms with van der Waals surface area (Å²) in [5, 5.41) is -0.170. The third-order valence-electron chi connectivity index (χ3n) is 1.88. The lowest BCUT2D eigenvalue weighted by atomic mass is 10.5. The number of aryl methyl sites for hydroxylation is 1. The largest absolute Gasteiger partial charge is 0.451 e. The molecule has 2 rings (SSSR count). The van der Waals surface area contributed by atoms with Crippen LogP contribution in [0.15, 0.2) is 15.4 Å². The second-order valence-corrected chi connectivity index (χ2v) is 5.69. The van der Waals surface area contributed by atoms with Gasteiger partial charge in [-0.1, -0.05) is 18.5 Å². The van der Waals surface area contributed by atoms with Gasteiger partial charge in [0.15, 0.2) is 4.34 Å². The average Bonchev–Trinajstić information content (AvgIpc) is 2.75. The Morgan fingerprint density at radius 2 is 2.05 bits per heavy atom. The smallest absolute Gasteiger partial charge is 0.217 e. The number of hydrogen-bond acceptors (Lipinski definition) is 6. The normalized spacial score (nSPS) is 11.8. The first-order chi connectivity index (χ1) is 8.88. The van der Waals surface area contributed by atoms with Crippen LogP contribution in [0.2, 0.25) is 5.15 Å². The lowest BCUT2D eigenvalue weighted by Crippen LogP contribution is -2.11. The monoisotopic (exact) mass is 326 g/mol. The second kappa shape index (κ2) is 5.59. The molecule has 0 radical (unpaired) electrons. The first-order valence-electron chi connectivity index (χ1n) is 5.00. The Morgan fingerprint density at radius 1 is 1.32 bits per heavy atom. The van der Waals surface area contributed by atoms with Gasteiger partial charge in [-0.2, -0.15) is 17.5 Å². The van der Waals surface area contributed by atoms with Crippen LogP contribution in [0.5, 0.6) is 0 Å². The van der Waals surface area contributed by atoms with Gasteiger partial charge in [0.1, 0.15) is 16.0 Å². The maximum absolute atomic E-state index is 12.5. The quantitative estimate of drug-likeness (QED) is 0.805. The Bertz CT molecular complexity index is 587. The van der Waals surface area contributed by atoms with E-state index in [0.29, 0.717) is 16.6 Å². The van der Waals surface area contributed by atoms with E-state index < -0.39 is 12.0 Å². The van der Waals surface area contributed by atoms with Gasteiger partial charge in [-0.05, 0) is 23.3 Å². The Kier molecular flexibility index (Phi) is 4.26. The van der Waals surface area contributed by atoms with E-state index in [-0.39, 0.29) is 10.2 Å². The zero-order chi connectivity index (χ0) is 14.0. The average molecular weight is 327 g/mol. The molecule has 0 aliphatic heterocycles. The first-order valence-corrected chi connectivity index (χ1v) is 6.97. The van der Waals surface area contributed by atoms with E-state index in [2.05, 4.69) is 19.3 Å². The fourth-order valence-electron chi connectivity index (χ4n) is 1.09. The molecule has 0 fully saturated rings. The van der Waals surface area contributed by atoms with Crippen molar-refractivity contribution in [2.24, 2.45) is 0 Å². The minimum Gasteiger partial charge on any atom is -0.217 e. The van der Waals surface area contributed by atoms with Crippen molar-refractivity contribution in [3.05, 3.63) is 22.9 Å². The topological polar surface area (TPSA) is 51.6 Å². The molecule has 0 spiro atoms. The zero-order valence-electron chi connectivity index (χ0n) is 9.40. The number of alkyl halides is 3. The van der Waals surface area contributed by atoms with Gasteiger partial charge in [-0.25, -0.2) is 15.0 Å². The van der Waals surface area contributed by atoms with Crippen molar-refractivity contribution in [2.45, 2.75) is 28.9 Å². The molecular formula is C9H6ClF3N4S2. The van der Waals surface area contributed by atoms with Crippen molar-refractivity contribution in [3.8, 4) is 0 Å². The Balaban J connectivity index is 2.27. The summed E-state index contributed by atoms with van der Waals surface area (Å²) in [5.41, 5.74) is 0. The van der Waals surface area contributed by atoms with Crippen molar-refractivity contribution in [1.82, 2.24) is 19.3 Å². The van der Waals surface area contributed by atoms with E-state index >= 15 is 0 Å². The van der Waals surface area contributed by atoms with Crippen molar-refractivity contribution in [1.29, 1.82) is 0 Å². The number of aromatic nitrogens is 4. The molecule has 4 nitrogen and oxygen atoms in total. The SMILES string of the molecule is CCc1nsc(Sc2cc(Cl)nc(C(F)(F)F)n2)n1. The summed E-state index contributed by atoms with van der Waals surface area (Å²) in [4.78, 5) is 10.7. The minimum atomic E-state index is -4.63. The fourth-order valence-corrected chi connectivity index (χ4v) is 2.99. The van der Waals surface area contributed by atoms with Crippen LogP contribution >= 0.6 is 34.9 Å². The second-order valence-electron chi connectivity index (χ2n) is 3.28. The number of nitrogens with zero attached hydrogens (tertiary/aromatic N) is 4. The molecule has 10 heteroatoms. The van der Waals surface area contributed by atoms with E-state index in [0.717, 1.165) is 23.3 Å². The summed E-state index contributed by atoms with van der Waals surface area (Å²) in [6.07, 6.45) is -3.97. The van der Waals surface area contributed by atoms with Gasteiger partial charge in [0, 0.05) is 12.5 Å². The van der Waals surface area contributed by atoms with Gasteiger partial charge in [-0.3, -0.25) is 0 Å². The van der Waals surface area contributed by atoms with Crippen LogP contribution in [-0.4, -0.2) is 19.3 Å². The van der Waals surface area contributed by atoms with E-state index in [4.69, 9.17) is 11.6 Å². The fraction of sp³-hybridized carbons (Fsp3) is 0.333. The van der Waals surface area contributed by atoms with Crippen LogP contribution in [0.3, 0.4) is 0 Å². The Labute approximate surface area is 119 Å². The molecule has 0 saturated heterocycles. The van der Waals surface area contributed by atoms with Gasteiger partial charge in [-0.15, -0.1) is 0 Å². The van der Waals surface area contributed by atoms with E-state index in [1.54, 1.807) is 0 Å². The molecule has 2 aromatic rings. The van der Waals surface area contributed by atoms with Crippen molar-refractivity contribution < 1.29 is 13.2 Å². The van der Waals surface area contributed by atoms with Crippen LogP contribution in [0, 0.1) is 0 Å². The highest BCUT2D eigenvalue weighted by Gasteiger charge is 2.35. The lowest BCUT2D eigenvalue weighted by Gasteiger charge is -2.06. The molecule has 0 unspecified atom stereocenters. The molecule has 0 atom stereocenters. The summed E-state index contributed by atoms with van der Waals surface area (Å²) in [5.74, 6) is -0.619. The standard InChI is InChI=1S/C9H6ClF3N4S2/c1-2-5-15-8(19-17-5)18-6-3-4(10)14-7(16-6)9(11,12)13/h3H,2H2,1H3. The molecule has 0 bridgehead atoms. The third kappa shape index (κ3) is 3.77. The summed E-state index contributed by atoms with van der Waals surface area (Å²) in [6, 6.07) is 1.26. The summed E-state index contributed by atoms with van der Waals surface area (Å²) in [7, 11) is 0. The molecule has 2 heterocycles. The Hall–Kier alpha value is -0.930. The predicted octanol–water partition coefficient (Wildman–Crippen LogP) is 3.71. The molecule has 0 saturated carbocycles. The molecule has 2 aromatic heterocycles. The molecular weight excluding hydrogens is 321 g/mol. The maximum atomic E-state index is 12.5. The van der Waals surface area contributed by atoms with Crippen LogP contribution in [0.4, 0.5) is 13.2 Å². The molecule has 19 heavy (non-hydrogen) atoms. The third-order valence-corrected chi connectivity index (χ3v) is 3.78. The van der Waals surface area contributed by atoms with Gasteiger partial charge in [0.2, 0.25) is 5.82 Å². The van der Waals surface area contributed by atoms with Crippen LogP contribution < -0.4 is 0 Å². The molecule has 102 valence electrons. The molecule has 0 amide bonds. The molecule has 0 aliphatic carbocycles. The summed E-state index contributed by atoms with van der Waals surface area (Å²) < 4.78 is 42.1. The Morgan fingerprint density at radius 3 is 2.63 bits per heavy atom. The highest BCUT2D eigenvalue weighted by Crippen LogP contribution is 2.32.